The van der Waals surface area contributed by atoms with Crippen molar-refractivity contribution in [2.75, 3.05) is 11.5 Å². The Labute approximate surface area is 130 Å². The van der Waals surface area contributed by atoms with E-state index in [9.17, 15) is 4.79 Å². The van der Waals surface area contributed by atoms with Crippen molar-refractivity contribution < 1.29 is 9.63 Å². The molecule has 1 amide bonds. The summed E-state index contributed by atoms with van der Waals surface area (Å²) in [6, 6.07) is 17.2. The lowest BCUT2D eigenvalue weighted by Gasteiger charge is -2.16. The number of amides is 1. The van der Waals surface area contributed by atoms with Crippen LogP contribution in [-0.4, -0.2) is 18.2 Å². The summed E-state index contributed by atoms with van der Waals surface area (Å²) in [6.07, 6.45) is 0. The van der Waals surface area contributed by atoms with Gasteiger partial charge in [-0.3, -0.25) is 9.69 Å². The normalized spacial score (nSPS) is 15.5. The van der Waals surface area contributed by atoms with Crippen LogP contribution in [0.1, 0.15) is 19.4 Å². The average molecular weight is 294 g/mol. The zero-order chi connectivity index (χ0) is 15.5. The van der Waals surface area contributed by atoms with Gasteiger partial charge in [-0.05, 0) is 24.1 Å². The van der Waals surface area contributed by atoms with Gasteiger partial charge in [-0.1, -0.05) is 55.4 Å². The second kappa shape index (κ2) is 6.02. The van der Waals surface area contributed by atoms with Crippen molar-refractivity contribution in [3.05, 3.63) is 60.2 Å². The van der Waals surface area contributed by atoms with Crippen molar-refractivity contribution in [2.45, 2.75) is 13.8 Å². The molecule has 0 radical (unpaired) electrons. The van der Waals surface area contributed by atoms with Crippen LogP contribution in [0.3, 0.4) is 0 Å². The highest BCUT2D eigenvalue weighted by molar-refractivity contribution is 6.55. The van der Waals surface area contributed by atoms with Crippen LogP contribution in [-0.2, 0) is 9.63 Å². The first-order valence-corrected chi connectivity index (χ1v) is 7.37. The molecule has 1 aliphatic rings. The Morgan fingerprint density at radius 3 is 2.45 bits per heavy atom. The minimum atomic E-state index is -0.156. The average Bonchev–Trinajstić information content (AvgIpc) is 2.80. The van der Waals surface area contributed by atoms with Crippen LogP contribution >= 0.6 is 0 Å². The van der Waals surface area contributed by atoms with E-state index in [4.69, 9.17) is 4.84 Å². The van der Waals surface area contributed by atoms with Crippen LogP contribution in [0, 0.1) is 5.92 Å². The van der Waals surface area contributed by atoms with Crippen LogP contribution in [0.2, 0.25) is 0 Å². The highest BCUT2D eigenvalue weighted by Gasteiger charge is 2.35. The third-order valence-electron chi connectivity index (χ3n) is 3.38. The maximum Gasteiger partial charge on any atom is 0.285 e. The molecule has 2 aromatic rings. The topological polar surface area (TPSA) is 41.9 Å². The maximum absolute atomic E-state index is 12.8. The highest BCUT2D eigenvalue weighted by atomic mass is 16.6. The van der Waals surface area contributed by atoms with Gasteiger partial charge in [-0.25, -0.2) is 0 Å². The van der Waals surface area contributed by atoms with E-state index in [1.54, 1.807) is 4.90 Å². The van der Waals surface area contributed by atoms with Crippen molar-refractivity contribution in [2.24, 2.45) is 11.1 Å². The van der Waals surface area contributed by atoms with Gasteiger partial charge in [0.05, 0.1) is 5.69 Å². The van der Waals surface area contributed by atoms with Crippen LogP contribution in [0.5, 0.6) is 0 Å². The van der Waals surface area contributed by atoms with Crippen LogP contribution < -0.4 is 4.90 Å². The Kier molecular flexibility index (Phi) is 3.92. The number of carbonyl (C=O) groups excluding carboxylic acids is 1. The summed E-state index contributed by atoms with van der Waals surface area (Å²) >= 11 is 0. The summed E-state index contributed by atoms with van der Waals surface area (Å²) in [5, 5.41) is 4.09. The zero-order valence-corrected chi connectivity index (χ0v) is 12.7. The van der Waals surface area contributed by atoms with Gasteiger partial charge >= 0.3 is 0 Å². The van der Waals surface area contributed by atoms with Gasteiger partial charge in [0, 0.05) is 11.3 Å². The van der Waals surface area contributed by atoms with E-state index >= 15 is 0 Å². The van der Waals surface area contributed by atoms with Crippen molar-refractivity contribution in [1.82, 2.24) is 0 Å². The minimum Gasteiger partial charge on any atom is -0.395 e. The Bertz CT molecular complexity index is 708. The number of carbonyl (C=O) groups is 1. The minimum absolute atomic E-state index is 0.156. The fourth-order valence-corrected chi connectivity index (χ4v) is 2.37. The quantitative estimate of drug-likeness (QED) is 0.806. The smallest absolute Gasteiger partial charge is 0.285 e. The Morgan fingerprint density at radius 2 is 1.73 bits per heavy atom. The molecular formula is C18H18N2O2. The zero-order valence-electron chi connectivity index (χ0n) is 12.7. The molecule has 112 valence electrons. The van der Waals surface area contributed by atoms with Gasteiger partial charge in [0.1, 0.15) is 6.61 Å². The molecule has 0 bridgehead atoms. The molecule has 0 atom stereocenters. The van der Waals surface area contributed by atoms with Gasteiger partial charge in [-0.15, -0.1) is 0 Å². The molecule has 0 fully saturated rings. The monoisotopic (exact) mass is 294 g/mol. The second-order valence-corrected chi connectivity index (χ2v) is 5.62. The van der Waals surface area contributed by atoms with Gasteiger partial charge < -0.3 is 4.84 Å². The van der Waals surface area contributed by atoms with Crippen LogP contribution in [0.4, 0.5) is 11.4 Å². The summed E-state index contributed by atoms with van der Waals surface area (Å²) in [5.74, 6) is 0.206. The van der Waals surface area contributed by atoms with E-state index in [0.717, 1.165) is 16.9 Å². The molecule has 0 spiro atoms. The summed E-state index contributed by atoms with van der Waals surface area (Å²) in [4.78, 5) is 19.8. The number of benzene rings is 2. The number of fused-ring (bicyclic) bond motifs is 1. The number of hydrogen-bond donors (Lipinski definition) is 0. The first-order chi connectivity index (χ1) is 10.7. The molecule has 0 saturated heterocycles. The number of oxime groups is 1. The standard InChI is InChI=1S/C18H18N2O2/c1-13(2)12-22-19-17-15-10-6-7-11-16(15)20(18(17)21)14-8-4-3-5-9-14/h3-11,13H,12H2,1-2H3/b19-17+. The highest BCUT2D eigenvalue weighted by Crippen LogP contribution is 2.35. The van der Waals surface area contributed by atoms with Gasteiger partial charge in [-0.2, -0.15) is 0 Å². The van der Waals surface area contributed by atoms with Crippen molar-refractivity contribution in [1.29, 1.82) is 0 Å². The number of anilines is 2. The maximum atomic E-state index is 12.8. The lowest BCUT2D eigenvalue weighted by atomic mass is 10.1. The molecule has 4 heteroatoms. The Morgan fingerprint density at radius 1 is 1.05 bits per heavy atom. The SMILES string of the molecule is CC(C)CO/N=C1/C(=O)N(c2ccccc2)c2ccccc21. The van der Waals surface area contributed by atoms with Crippen molar-refractivity contribution >= 4 is 23.0 Å². The fraction of sp³-hybridized carbons (Fsp3) is 0.222. The lowest BCUT2D eigenvalue weighted by molar-refractivity contribution is -0.111. The van der Waals surface area contributed by atoms with Crippen molar-refractivity contribution in [3.8, 4) is 0 Å². The van der Waals surface area contributed by atoms with E-state index in [-0.39, 0.29) is 5.91 Å². The number of hydrogen-bond acceptors (Lipinski definition) is 3. The summed E-state index contributed by atoms with van der Waals surface area (Å²) < 4.78 is 0. The van der Waals surface area contributed by atoms with E-state index in [1.165, 1.54) is 0 Å². The lowest BCUT2D eigenvalue weighted by Crippen LogP contribution is -2.25. The summed E-state index contributed by atoms with van der Waals surface area (Å²) in [5.41, 5.74) is 2.83. The van der Waals surface area contributed by atoms with Crippen LogP contribution in [0.25, 0.3) is 0 Å². The van der Waals surface area contributed by atoms with Crippen molar-refractivity contribution in [3.63, 3.8) is 0 Å². The molecule has 1 aliphatic heterocycles. The number of rotatable bonds is 4. The number of para-hydroxylation sites is 2. The van der Waals surface area contributed by atoms with E-state index < -0.39 is 0 Å². The molecule has 3 rings (SSSR count). The third-order valence-corrected chi connectivity index (χ3v) is 3.38. The van der Waals surface area contributed by atoms with E-state index in [2.05, 4.69) is 5.16 Å². The molecular weight excluding hydrogens is 276 g/mol. The summed E-state index contributed by atoms with van der Waals surface area (Å²) in [6.45, 7) is 4.58. The molecule has 2 aromatic carbocycles. The molecule has 0 N–H and O–H groups in total. The first-order valence-electron chi connectivity index (χ1n) is 7.37. The van der Waals surface area contributed by atoms with E-state index in [0.29, 0.717) is 18.2 Å². The Balaban J connectivity index is 2.00. The van der Waals surface area contributed by atoms with Gasteiger partial charge in [0.15, 0.2) is 5.71 Å². The predicted molar refractivity (Wildman–Crippen MR) is 87.4 cm³/mol. The predicted octanol–water partition coefficient (Wildman–Crippen LogP) is 3.74. The molecule has 0 aliphatic carbocycles. The largest absolute Gasteiger partial charge is 0.395 e. The molecule has 0 unspecified atom stereocenters. The molecule has 0 saturated carbocycles. The first kappa shape index (κ1) is 14.3. The second-order valence-electron chi connectivity index (χ2n) is 5.62. The van der Waals surface area contributed by atoms with Crippen LogP contribution in [0.15, 0.2) is 59.8 Å². The fourth-order valence-electron chi connectivity index (χ4n) is 2.37. The molecule has 0 aromatic heterocycles. The molecule has 4 nitrogen and oxygen atoms in total. The third kappa shape index (κ3) is 2.60. The number of nitrogens with zero attached hydrogens (tertiary/aromatic N) is 2. The van der Waals surface area contributed by atoms with E-state index in [1.807, 2.05) is 68.4 Å². The Hall–Kier alpha value is -2.62. The summed E-state index contributed by atoms with van der Waals surface area (Å²) in [7, 11) is 0. The molecule has 22 heavy (non-hydrogen) atoms. The van der Waals surface area contributed by atoms with Gasteiger partial charge in [0.25, 0.3) is 5.91 Å². The molecule has 1 heterocycles. The van der Waals surface area contributed by atoms with Gasteiger partial charge in [0.2, 0.25) is 0 Å².